The van der Waals surface area contributed by atoms with Crippen molar-refractivity contribution in [3.63, 3.8) is 0 Å². The van der Waals surface area contributed by atoms with Gasteiger partial charge in [0.15, 0.2) is 0 Å². The van der Waals surface area contributed by atoms with E-state index in [0.717, 1.165) is 24.5 Å². The predicted molar refractivity (Wildman–Crippen MR) is 71.7 cm³/mol. The second kappa shape index (κ2) is 5.75. The largest absolute Gasteiger partial charge is 0.416 e. The van der Waals surface area contributed by atoms with Crippen molar-refractivity contribution in [2.45, 2.75) is 26.2 Å². The number of imidazole rings is 1. The maximum Gasteiger partial charge on any atom is 0.416 e. The molecule has 0 atom stereocenters. The Balaban J connectivity index is 2.17. The first-order valence-corrected chi connectivity index (χ1v) is 6.40. The van der Waals surface area contributed by atoms with E-state index in [1.54, 1.807) is 6.20 Å². The zero-order valence-electron chi connectivity index (χ0n) is 10.7. The Kier molecular flexibility index (Phi) is 4.23. The maximum absolute atomic E-state index is 12.6. The average molecular weight is 304 g/mol. The number of anilines is 1. The van der Waals surface area contributed by atoms with Crippen molar-refractivity contribution in [3.8, 4) is 0 Å². The Morgan fingerprint density at radius 2 is 2.10 bits per heavy atom. The van der Waals surface area contributed by atoms with E-state index in [4.69, 9.17) is 11.6 Å². The van der Waals surface area contributed by atoms with Gasteiger partial charge in [-0.25, -0.2) is 4.98 Å². The summed E-state index contributed by atoms with van der Waals surface area (Å²) in [7, 11) is 0. The average Bonchev–Trinajstić information content (AvgIpc) is 2.83. The lowest BCUT2D eigenvalue weighted by atomic mass is 10.2. The molecule has 1 aromatic carbocycles. The lowest BCUT2D eigenvalue weighted by Crippen LogP contribution is -2.09. The van der Waals surface area contributed by atoms with Crippen LogP contribution in [0.5, 0.6) is 0 Å². The van der Waals surface area contributed by atoms with Crippen molar-refractivity contribution < 1.29 is 13.2 Å². The molecule has 0 aliphatic rings. The third-order valence-corrected chi connectivity index (χ3v) is 3.20. The van der Waals surface area contributed by atoms with Gasteiger partial charge in [-0.05, 0) is 25.1 Å². The molecule has 2 aromatic rings. The molecule has 1 heterocycles. The van der Waals surface area contributed by atoms with Gasteiger partial charge in [0.25, 0.3) is 0 Å². The highest BCUT2D eigenvalue weighted by Gasteiger charge is 2.30. The van der Waals surface area contributed by atoms with Crippen LogP contribution in [0.4, 0.5) is 18.9 Å². The molecule has 1 N–H and O–H groups in total. The van der Waals surface area contributed by atoms with Gasteiger partial charge in [-0.2, -0.15) is 13.2 Å². The van der Waals surface area contributed by atoms with E-state index in [0.29, 0.717) is 6.54 Å². The number of hydrogen-bond acceptors (Lipinski definition) is 2. The molecule has 2 rings (SSSR count). The predicted octanol–water partition coefficient (Wildman–Crippen LogP) is 4.19. The van der Waals surface area contributed by atoms with Crippen molar-refractivity contribution in [2.24, 2.45) is 0 Å². The lowest BCUT2D eigenvalue weighted by Gasteiger charge is -2.12. The van der Waals surface area contributed by atoms with Crippen LogP contribution in [0.1, 0.15) is 18.3 Å². The molecule has 0 aliphatic heterocycles. The molecule has 0 radical (unpaired) electrons. The molecular weight excluding hydrogens is 291 g/mol. The zero-order chi connectivity index (χ0) is 14.8. The lowest BCUT2D eigenvalue weighted by molar-refractivity contribution is -0.137. The quantitative estimate of drug-likeness (QED) is 0.918. The second-order valence-electron chi connectivity index (χ2n) is 4.18. The van der Waals surface area contributed by atoms with Crippen LogP contribution < -0.4 is 5.32 Å². The summed E-state index contributed by atoms with van der Waals surface area (Å²) < 4.78 is 39.8. The highest BCUT2D eigenvalue weighted by atomic mass is 35.5. The zero-order valence-corrected chi connectivity index (χ0v) is 11.5. The monoisotopic (exact) mass is 303 g/mol. The van der Waals surface area contributed by atoms with E-state index < -0.39 is 11.7 Å². The van der Waals surface area contributed by atoms with Gasteiger partial charge in [0.1, 0.15) is 5.82 Å². The van der Waals surface area contributed by atoms with Gasteiger partial charge in [0.2, 0.25) is 0 Å². The van der Waals surface area contributed by atoms with Crippen LogP contribution in [0.25, 0.3) is 0 Å². The number of rotatable bonds is 4. The Morgan fingerprint density at radius 3 is 2.75 bits per heavy atom. The summed E-state index contributed by atoms with van der Waals surface area (Å²) in [5.41, 5.74) is -0.490. The minimum Gasteiger partial charge on any atom is -0.377 e. The molecule has 0 saturated heterocycles. The number of aryl methyl sites for hydroxylation is 1. The molecule has 0 bridgehead atoms. The van der Waals surface area contributed by atoms with Gasteiger partial charge >= 0.3 is 6.18 Å². The fraction of sp³-hybridized carbons (Fsp3) is 0.308. The highest BCUT2D eigenvalue weighted by Crippen LogP contribution is 2.33. The summed E-state index contributed by atoms with van der Waals surface area (Å²) >= 11 is 5.90. The number of hydrogen-bond donors (Lipinski definition) is 1. The first-order valence-electron chi connectivity index (χ1n) is 6.02. The van der Waals surface area contributed by atoms with Crippen LogP contribution in [0.2, 0.25) is 5.02 Å². The smallest absolute Gasteiger partial charge is 0.377 e. The number of nitrogens with zero attached hydrogens (tertiary/aromatic N) is 2. The Bertz CT molecular complexity index is 593. The molecule has 0 unspecified atom stereocenters. The van der Waals surface area contributed by atoms with Crippen LogP contribution in [0.15, 0.2) is 30.6 Å². The summed E-state index contributed by atoms with van der Waals surface area (Å²) in [5, 5.41) is 3.13. The van der Waals surface area contributed by atoms with Crippen molar-refractivity contribution in [2.75, 3.05) is 5.32 Å². The van der Waals surface area contributed by atoms with Gasteiger partial charge in [-0.3, -0.25) is 0 Å². The van der Waals surface area contributed by atoms with Gasteiger partial charge in [-0.15, -0.1) is 0 Å². The molecular formula is C13H13ClF3N3. The molecule has 1 aromatic heterocycles. The molecule has 0 spiro atoms. The van der Waals surface area contributed by atoms with E-state index in [9.17, 15) is 13.2 Å². The van der Waals surface area contributed by atoms with E-state index in [2.05, 4.69) is 10.3 Å². The summed E-state index contributed by atoms with van der Waals surface area (Å²) in [6.45, 7) is 3.01. The second-order valence-corrected chi connectivity index (χ2v) is 4.58. The Morgan fingerprint density at radius 1 is 1.35 bits per heavy atom. The van der Waals surface area contributed by atoms with Crippen LogP contribution in [0, 0.1) is 0 Å². The van der Waals surface area contributed by atoms with E-state index in [1.165, 1.54) is 6.07 Å². The van der Waals surface area contributed by atoms with Gasteiger partial charge in [0, 0.05) is 18.9 Å². The number of alkyl halides is 3. The van der Waals surface area contributed by atoms with Gasteiger partial charge in [0.05, 0.1) is 22.8 Å². The third kappa shape index (κ3) is 3.25. The molecule has 7 heteroatoms. The number of aromatic nitrogens is 2. The SMILES string of the molecule is CCn1ccnc1CNc1cc(C(F)(F)F)ccc1Cl. The van der Waals surface area contributed by atoms with E-state index in [1.807, 2.05) is 17.7 Å². The molecule has 0 fully saturated rings. The number of halogens is 4. The molecule has 108 valence electrons. The topological polar surface area (TPSA) is 29.9 Å². The minimum absolute atomic E-state index is 0.243. The van der Waals surface area contributed by atoms with Crippen molar-refractivity contribution >= 4 is 17.3 Å². The molecule has 0 amide bonds. The molecule has 3 nitrogen and oxygen atoms in total. The van der Waals surface area contributed by atoms with Crippen molar-refractivity contribution in [3.05, 3.63) is 47.0 Å². The third-order valence-electron chi connectivity index (χ3n) is 2.87. The van der Waals surface area contributed by atoms with Crippen LogP contribution in [-0.4, -0.2) is 9.55 Å². The Hall–Kier alpha value is -1.69. The fourth-order valence-electron chi connectivity index (χ4n) is 1.81. The van der Waals surface area contributed by atoms with Crippen LogP contribution in [0.3, 0.4) is 0 Å². The minimum atomic E-state index is -4.39. The highest BCUT2D eigenvalue weighted by molar-refractivity contribution is 6.33. The van der Waals surface area contributed by atoms with Crippen molar-refractivity contribution in [1.82, 2.24) is 9.55 Å². The summed E-state index contributed by atoms with van der Waals surface area (Å²) in [6.07, 6.45) is -0.929. The van der Waals surface area contributed by atoms with Gasteiger partial charge < -0.3 is 9.88 Å². The van der Waals surface area contributed by atoms with E-state index >= 15 is 0 Å². The number of benzene rings is 1. The van der Waals surface area contributed by atoms with Crippen LogP contribution >= 0.6 is 11.6 Å². The molecule has 0 aliphatic carbocycles. The van der Waals surface area contributed by atoms with Crippen LogP contribution in [-0.2, 0) is 19.3 Å². The summed E-state index contributed by atoms with van der Waals surface area (Å²) in [6, 6.07) is 3.20. The molecule has 0 saturated carbocycles. The number of nitrogens with one attached hydrogen (secondary N) is 1. The maximum atomic E-state index is 12.6. The van der Waals surface area contributed by atoms with Crippen molar-refractivity contribution in [1.29, 1.82) is 0 Å². The fourth-order valence-corrected chi connectivity index (χ4v) is 1.99. The Labute approximate surface area is 119 Å². The normalized spacial score (nSPS) is 11.7. The molecule has 20 heavy (non-hydrogen) atoms. The van der Waals surface area contributed by atoms with Gasteiger partial charge in [-0.1, -0.05) is 11.6 Å². The van der Waals surface area contributed by atoms with E-state index in [-0.39, 0.29) is 10.7 Å². The first kappa shape index (κ1) is 14.7. The standard InChI is InChI=1S/C13H13ClF3N3/c1-2-20-6-5-18-12(20)8-19-11-7-9(13(15,16)17)3-4-10(11)14/h3-7,19H,2,8H2,1H3. The first-order chi connectivity index (χ1) is 9.41. The summed E-state index contributed by atoms with van der Waals surface area (Å²) in [5.74, 6) is 0.737. The summed E-state index contributed by atoms with van der Waals surface area (Å²) in [4.78, 5) is 4.14.